The van der Waals surface area contributed by atoms with Gasteiger partial charge in [-0.25, -0.2) is 0 Å². The molecule has 4 aromatic rings. The molecule has 0 unspecified atom stereocenters. The zero-order valence-electron chi connectivity index (χ0n) is 11.3. The number of benzene rings is 4. The van der Waals surface area contributed by atoms with Crippen molar-refractivity contribution < 1.29 is 4.18 Å². The van der Waals surface area contributed by atoms with Gasteiger partial charge < -0.3 is 4.18 Å². The Morgan fingerprint density at radius 3 is 1.81 bits per heavy atom. The summed E-state index contributed by atoms with van der Waals surface area (Å²) in [7, 11) is 0. The second kappa shape index (κ2) is 4.23. The standard InChI is InChI=1S/C19H12OS/c1-3-7-15-13(5-1)14-6-2-4-8-16(14)18-10-19-12(9-17(15)18)11-20-21-19/h1-10H,11H2. The minimum Gasteiger partial charge on any atom is -0.305 e. The summed E-state index contributed by atoms with van der Waals surface area (Å²) in [5.74, 6) is 0. The molecule has 0 bridgehead atoms. The Morgan fingerprint density at radius 1 is 0.667 bits per heavy atom. The van der Waals surface area contributed by atoms with Crippen molar-refractivity contribution in [2.45, 2.75) is 11.5 Å². The zero-order chi connectivity index (χ0) is 13.8. The van der Waals surface area contributed by atoms with Crippen LogP contribution in [-0.2, 0) is 10.8 Å². The first-order chi connectivity index (χ1) is 10.4. The monoisotopic (exact) mass is 288 g/mol. The largest absolute Gasteiger partial charge is 0.305 e. The number of hydrogen-bond acceptors (Lipinski definition) is 2. The van der Waals surface area contributed by atoms with Crippen LogP contribution in [0.3, 0.4) is 0 Å². The molecule has 21 heavy (non-hydrogen) atoms. The van der Waals surface area contributed by atoms with Gasteiger partial charge in [0, 0.05) is 16.9 Å². The van der Waals surface area contributed by atoms with Crippen molar-refractivity contribution in [3.63, 3.8) is 0 Å². The molecule has 0 aliphatic carbocycles. The predicted molar refractivity (Wildman–Crippen MR) is 89.6 cm³/mol. The van der Waals surface area contributed by atoms with E-state index in [9.17, 15) is 0 Å². The molecule has 1 aliphatic heterocycles. The summed E-state index contributed by atoms with van der Waals surface area (Å²) in [6.45, 7) is 0.705. The lowest BCUT2D eigenvalue weighted by atomic mass is 9.93. The van der Waals surface area contributed by atoms with E-state index in [4.69, 9.17) is 4.18 Å². The molecule has 0 N–H and O–H groups in total. The fourth-order valence-corrected chi connectivity index (χ4v) is 4.03. The quantitative estimate of drug-likeness (QED) is 0.304. The van der Waals surface area contributed by atoms with Gasteiger partial charge in [0.2, 0.25) is 0 Å². The summed E-state index contributed by atoms with van der Waals surface area (Å²) in [6.07, 6.45) is 0. The highest BCUT2D eigenvalue weighted by Gasteiger charge is 2.16. The first kappa shape index (κ1) is 11.6. The molecule has 0 fully saturated rings. The van der Waals surface area contributed by atoms with E-state index >= 15 is 0 Å². The molecule has 0 saturated carbocycles. The summed E-state index contributed by atoms with van der Waals surface area (Å²) >= 11 is 1.50. The van der Waals surface area contributed by atoms with Crippen LogP contribution in [0.4, 0.5) is 0 Å². The molecule has 1 aliphatic rings. The van der Waals surface area contributed by atoms with Crippen LogP contribution in [0, 0.1) is 0 Å². The highest BCUT2D eigenvalue weighted by atomic mass is 32.2. The Kier molecular flexibility index (Phi) is 2.34. The summed E-state index contributed by atoms with van der Waals surface area (Å²) in [5.41, 5.74) is 1.30. The molecule has 1 heterocycles. The van der Waals surface area contributed by atoms with Gasteiger partial charge in [0.05, 0.1) is 6.61 Å². The third kappa shape index (κ3) is 1.57. The molecular weight excluding hydrogens is 276 g/mol. The Hall–Kier alpha value is -2.03. The lowest BCUT2D eigenvalue weighted by Crippen LogP contribution is -1.86. The predicted octanol–water partition coefficient (Wildman–Crippen LogP) is 5.68. The average molecular weight is 288 g/mol. The molecule has 100 valence electrons. The van der Waals surface area contributed by atoms with Gasteiger partial charge in [-0.1, -0.05) is 48.5 Å². The smallest absolute Gasteiger partial charge is 0.0881 e. The van der Waals surface area contributed by atoms with E-state index in [2.05, 4.69) is 60.7 Å². The van der Waals surface area contributed by atoms with Crippen LogP contribution in [0.5, 0.6) is 0 Å². The third-order valence-electron chi connectivity index (χ3n) is 4.29. The molecule has 2 heteroatoms. The van der Waals surface area contributed by atoms with E-state index in [0.717, 1.165) is 0 Å². The van der Waals surface area contributed by atoms with Gasteiger partial charge in [0.1, 0.15) is 0 Å². The highest BCUT2D eigenvalue weighted by molar-refractivity contribution is 7.95. The summed E-state index contributed by atoms with van der Waals surface area (Å²) in [6, 6.07) is 21.9. The van der Waals surface area contributed by atoms with Crippen molar-refractivity contribution in [2.24, 2.45) is 0 Å². The molecule has 0 saturated heterocycles. The van der Waals surface area contributed by atoms with Gasteiger partial charge in [-0.2, -0.15) is 0 Å². The molecule has 0 spiro atoms. The minimum absolute atomic E-state index is 0.705. The maximum absolute atomic E-state index is 5.53. The van der Waals surface area contributed by atoms with E-state index < -0.39 is 0 Å². The maximum Gasteiger partial charge on any atom is 0.0881 e. The maximum atomic E-state index is 5.53. The summed E-state index contributed by atoms with van der Waals surface area (Å²) in [5, 5.41) is 7.94. The zero-order valence-corrected chi connectivity index (χ0v) is 12.1. The SMILES string of the molecule is c1ccc2c(c1)c1ccccc1c1cc3c(cc21)COS3. The van der Waals surface area contributed by atoms with Gasteiger partial charge >= 0.3 is 0 Å². The van der Waals surface area contributed by atoms with Crippen LogP contribution in [-0.4, -0.2) is 0 Å². The van der Waals surface area contributed by atoms with Crippen LogP contribution < -0.4 is 0 Å². The fraction of sp³-hybridized carbons (Fsp3) is 0.0526. The van der Waals surface area contributed by atoms with E-state index in [-0.39, 0.29) is 0 Å². The number of rotatable bonds is 0. The number of hydrogen-bond donors (Lipinski definition) is 0. The Morgan fingerprint density at radius 2 is 1.19 bits per heavy atom. The highest BCUT2D eigenvalue weighted by Crippen LogP contribution is 2.41. The molecule has 0 atom stereocenters. The van der Waals surface area contributed by atoms with Crippen molar-refractivity contribution in [3.8, 4) is 0 Å². The van der Waals surface area contributed by atoms with E-state index in [1.165, 1.54) is 54.8 Å². The normalized spacial score (nSPS) is 14.1. The van der Waals surface area contributed by atoms with Gasteiger partial charge in [0.15, 0.2) is 0 Å². The lowest BCUT2D eigenvalue weighted by molar-refractivity contribution is 0.379. The van der Waals surface area contributed by atoms with Crippen molar-refractivity contribution in [1.82, 2.24) is 0 Å². The van der Waals surface area contributed by atoms with Crippen LogP contribution >= 0.6 is 12.0 Å². The molecule has 1 nitrogen and oxygen atoms in total. The van der Waals surface area contributed by atoms with Gasteiger partial charge in [-0.05, 0) is 50.0 Å². The molecule has 0 aromatic heterocycles. The second-order valence-corrected chi connectivity index (χ2v) is 6.28. The summed E-state index contributed by atoms with van der Waals surface area (Å²) in [4.78, 5) is 1.25. The Bertz CT molecular complexity index is 938. The lowest BCUT2D eigenvalue weighted by Gasteiger charge is -2.11. The van der Waals surface area contributed by atoms with Crippen LogP contribution in [0.1, 0.15) is 5.56 Å². The Labute approximate surface area is 126 Å². The fourth-order valence-electron chi connectivity index (χ4n) is 3.32. The molecular formula is C19H12OS. The molecule has 0 amide bonds. The van der Waals surface area contributed by atoms with Crippen molar-refractivity contribution in [1.29, 1.82) is 0 Å². The summed E-state index contributed by atoms with van der Waals surface area (Å²) < 4.78 is 5.53. The van der Waals surface area contributed by atoms with Crippen LogP contribution in [0.15, 0.2) is 65.6 Å². The van der Waals surface area contributed by atoms with E-state index in [1.807, 2.05) is 0 Å². The first-order valence-electron chi connectivity index (χ1n) is 7.07. The topological polar surface area (TPSA) is 9.23 Å². The Balaban J connectivity index is 2.12. The molecule has 0 radical (unpaired) electrons. The second-order valence-electron chi connectivity index (χ2n) is 5.44. The van der Waals surface area contributed by atoms with Gasteiger partial charge in [-0.15, -0.1) is 0 Å². The van der Waals surface area contributed by atoms with Crippen LogP contribution in [0.25, 0.3) is 32.3 Å². The van der Waals surface area contributed by atoms with E-state index in [0.29, 0.717) is 6.61 Å². The first-order valence-corrected chi connectivity index (χ1v) is 7.81. The van der Waals surface area contributed by atoms with Crippen molar-refractivity contribution in [3.05, 3.63) is 66.2 Å². The molecule has 5 rings (SSSR count). The van der Waals surface area contributed by atoms with Crippen molar-refractivity contribution in [2.75, 3.05) is 0 Å². The average Bonchev–Trinajstić information content (AvgIpc) is 3.01. The third-order valence-corrected chi connectivity index (χ3v) is 5.08. The minimum atomic E-state index is 0.705. The van der Waals surface area contributed by atoms with Gasteiger partial charge in [-0.3, -0.25) is 0 Å². The van der Waals surface area contributed by atoms with Crippen LogP contribution in [0.2, 0.25) is 0 Å². The van der Waals surface area contributed by atoms with Gasteiger partial charge in [0.25, 0.3) is 0 Å². The molecule has 4 aromatic carbocycles. The van der Waals surface area contributed by atoms with E-state index in [1.54, 1.807) is 0 Å². The number of fused-ring (bicyclic) bond motifs is 7. The van der Waals surface area contributed by atoms with Crippen molar-refractivity contribution >= 4 is 44.4 Å².